The zero-order chi connectivity index (χ0) is 14.5. The molecule has 2 aliphatic rings. The van der Waals surface area contributed by atoms with Crippen molar-refractivity contribution in [2.75, 3.05) is 13.1 Å². The molecule has 3 nitrogen and oxygen atoms in total. The van der Waals surface area contributed by atoms with Crippen LogP contribution in [0.4, 0.5) is 0 Å². The summed E-state index contributed by atoms with van der Waals surface area (Å²) < 4.78 is 6.36. The van der Waals surface area contributed by atoms with Crippen LogP contribution in [0.1, 0.15) is 60.8 Å². The lowest BCUT2D eigenvalue weighted by atomic mass is 9.77. The molecule has 0 aromatic rings. The topological polar surface area (TPSA) is 38.5 Å². The van der Waals surface area contributed by atoms with E-state index in [1.807, 2.05) is 0 Å². The molecule has 19 heavy (non-hydrogen) atoms. The second-order valence-corrected chi connectivity index (χ2v) is 8.06. The Bertz CT molecular complexity index is 334. The van der Waals surface area contributed by atoms with Gasteiger partial charge in [-0.25, -0.2) is 0 Å². The molecule has 1 saturated heterocycles. The monoisotopic (exact) mass is 268 g/mol. The van der Waals surface area contributed by atoms with Crippen LogP contribution in [0.5, 0.6) is 0 Å². The van der Waals surface area contributed by atoms with Gasteiger partial charge in [-0.3, -0.25) is 4.90 Å². The van der Waals surface area contributed by atoms with E-state index in [4.69, 9.17) is 10.5 Å². The van der Waals surface area contributed by atoms with E-state index in [9.17, 15) is 0 Å². The van der Waals surface area contributed by atoms with Crippen LogP contribution in [-0.4, -0.2) is 40.8 Å². The molecule has 1 unspecified atom stereocenters. The van der Waals surface area contributed by atoms with E-state index in [1.54, 1.807) is 0 Å². The van der Waals surface area contributed by atoms with Crippen molar-refractivity contribution in [1.82, 2.24) is 4.90 Å². The molecule has 0 amide bonds. The van der Waals surface area contributed by atoms with Gasteiger partial charge < -0.3 is 10.5 Å². The predicted octanol–water partition coefficient (Wildman–Crippen LogP) is 2.78. The molecule has 2 rings (SSSR count). The second-order valence-electron chi connectivity index (χ2n) is 8.06. The van der Waals surface area contributed by atoms with Gasteiger partial charge in [0.1, 0.15) is 0 Å². The van der Waals surface area contributed by atoms with Crippen molar-refractivity contribution in [3.05, 3.63) is 0 Å². The number of ether oxygens (including phenoxy) is 1. The molecule has 1 saturated carbocycles. The Kier molecular flexibility index (Phi) is 3.79. The van der Waals surface area contributed by atoms with E-state index in [-0.39, 0.29) is 16.7 Å². The number of rotatable bonds is 5. The van der Waals surface area contributed by atoms with Crippen LogP contribution >= 0.6 is 0 Å². The normalized spacial score (nSPS) is 33.3. The Morgan fingerprint density at radius 3 is 2.11 bits per heavy atom. The Labute approximate surface area is 118 Å². The molecule has 0 bridgehead atoms. The van der Waals surface area contributed by atoms with Gasteiger partial charge in [-0.2, -0.15) is 0 Å². The summed E-state index contributed by atoms with van der Waals surface area (Å²) >= 11 is 0. The Balaban J connectivity index is 2.34. The number of nitrogens with two attached hydrogens (primary N) is 1. The summed E-state index contributed by atoms with van der Waals surface area (Å²) in [6.45, 7) is 15.3. The SMILES string of the molecule is CC(C)CN(C1CC1)C1(CN)CC(C)(C)OC1(C)C. The molecule has 0 radical (unpaired) electrons. The molecule has 2 N–H and O–H groups in total. The number of hydrogen-bond donors (Lipinski definition) is 1. The standard InChI is InChI=1S/C16H32N2O/c1-12(2)9-18(13-7-8-13)16(11-17)10-14(3,4)19-15(16,5)6/h12-13H,7-11,17H2,1-6H3. The first-order valence-electron chi connectivity index (χ1n) is 7.80. The van der Waals surface area contributed by atoms with Gasteiger partial charge in [0.2, 0.25) is 0 Å². The smallest absolute Gasteiger partial charge is 0.0830 e. The van der Waals surface area contributed by atoms with Crippen molar-refractivity contribution < 1.29 is 4.74 Å². The lowest BCUT2D eigenvalue weighted by molar-refractivity contribution is -0.107. The molecular weight excluding hydrogens is 236 g/mol. The summed E-state index contributed by atoms with van der Waals surface area (Å²) in [5.41, 5.74) is 6.02. The van der Waals surface area contributed by atoms with E-state index in [2.05, 4.69) is 46.4 Å². The van der Waals surface area contributed by atoms with Crippen molar-refractivity contribution in [1.29, 1.82) is 0 Å². The van der Waals surface area contributed by atoms with Crippen molar-refractivity contribution in [3.63, 3.8) is 0 Å². The Morgan fingerprint density at radius 1 is 1.21 bits per heavy atom. The van der Waals surface area contributed by atoms with Crippen LogP contribution in [0, 0.1) is 5.92 Å². The van der Waals surface area contributed by atoms with Gasteiger partial charge in [0.15, 0.2) is 0 Å². The highest BCUT2D eigenvalue weighted by Gasteiger charge is 2.61. The summed E-state index contributed by atoms with van der Waals surface area (Å²) in [4.78, 5) is 2.69. The average molecular weight is 268 g/mol. The second kappa shape index (κ2) is 4.71. The fourth-order valence-corrected chi connectivity index (χ4v) is 4.07. The third kappa shape index (κ3) is 2.70. The maximum Gasteiger partial charge on any atom is 0.0830 e. The van der Waals surface area contributed by atoms with Crippen LogP contribution in [0.3, 0.4) is 0 Å². The first kappa shape index (κ1) is 15.3. The highest BCUT2D eigenvalue weighted by Crippen LogP contribution is 2.51. The molecule has 1 aliphatic heterocycles. The van der Waals surface area contributed by atoms with Crippen LogP contribution in [0.15, 0.2) is 0 Å². The molecule has 1 heterocycles. The van der Waals surface area contributed by atoms with Gasteiger partial charge in [-0.05, 0) is 52.9 Å². The zero-order valence-electron chi connectivity index (χ0n) is 13.6. The quantitative estimate of drug-likeness (QED) is 0.833. The first-order valence-corrected chi connectivity index (χ1v) is 7.80. The van der Waals surface area contributed by atoms with E-state index >= 15 is 0 Å². The van der Waals surface area contributed by atoms with E-state index in [1.165, 1.54) is 12.8 Å². The third-order valence-corrected chi connectivity index (χ3v) is 4.81. The van der Waals surface area contributed by atoms with Gasteiger partial charge in [-0.1, -0.05) is 13.8 Å². The van der Waals surface area contributed by atoms with Gasteiger partial charge in [0, 0.05) is 19.1 Å². The Morgan fingerprint density at radius 2 is 1.79 bits per heavy atom. The minimum absolute atomic E-state index is 0.0120. The summed E-state index contributed by atoms with van der Waals surface area (Å²) in [5, 5.41) is 0. The van der Waals surface area contributed by atoms with E-state index in [0.717, 1.165) is 19.0 Å². The molecule has 112 valence electrons. The maximum atomic E-state index is 6.36. The summed E-state index contributed by atoms with van der Waals surface area (Å²) in [6.07, 6.45) is 3.68. The van der Waals surface area contributed by atoms with Crippen molar-refractivity contribution >= 4 is 0 Å². The summed E-state index contributed by atoms with van der Waals surface area (Å²) in [5.74, 6) is 0.670. The lowest BCUT2D eigenvalue weighted by Crippen LogP contribution is -2.64. The van der Waals surface area contributed by atoms with Crippen LogP contribution in [0.2, 0.25) is 0 Å². The van der Waals surface area contributed by atoms with Gasteiger partial charge in [-0.15, -0.1) is 0 Å². The highest BCUT2D eigenvalue weighted by atomic mass is 16.5. The molecular formula is C16H32N2O. The highest BCUT2D eigenvalue weighted by molar-refractivity contribution is 5.15. The first-order chi connectivity index (χ1) is 8.63. The third-order valence-electron chi connectivity index (χ3n) is 4.81. The number of hydrogen-bond acceptors (Lipinski definition) is 3. The molecule has 2 fully saturated rings. The molecule has 1 atom stereocenters. The van der Waals surface area contributed by atoms with Crippen LogP contribution in [0.25, 0.3) is 0 Å². The Hall–Kier alpha value is -0.120. The van der Waals surface area contributed by atoms with Crippen LogP contribution in [-0.2, 0) is 4.74 Å². The minimum Gasteiger partial charge on any atom is -0.368 e. The van der Waals surface area contributed by atoms with Gasteiger partial charge in [0.25, 0.3) is 0 Å². The molecule has 1 aliphatic carbocycles. The molecule has 3 heteroatoms. The summed E-state index contributed by atoms with van der Waals surface area (Å²) in [6, 6.07) is 0.725. The van der Waals surface area contributed by atoms with Crippen molar-refractivity contribution in [3.8, 4) is 0 Å². The fraction of sp³-hybridized carbons (Fsp3) is 1.00. The predicted molar refractivity (Wildman–Crippen MR) is 80.2 cm³/mol. The average Bonchev–Trinajstić information content (AvgIpc) is 3.01. The summed E-state index contributed by atoms with van der Waals surface area (Å²) in [7, 11) is 0. The molecule has 0 spiro atoms. The van der Waals surface area contributed by atoms with E-state index < -0.39 is 0 Å². The minimum atomic E-state index is -0.178. The van der Waals surface area contributed by atoms with Gasteiger partial charge in [0.05, 0.1) is 16.7 Å². The fourth-order valence-electron chi connectivity index (χ4n) is 4.07. The lowest BCUT2D eigenvalue weighted by Gasteiger charge is -2.49. The molecule has 0 aromatic carbocycles. The van der Waals surface area contributed by atoms with Crippen molar-refractivity contribution in [2.24, 2.45) is 11.7 Å². The molecule has 0 aromatic heterocycles. The maximum absolute atomic E-state index is 6.36. The van der Waals surface area contributed by atoms with Crippen LogP contribution < -0.4 is 5.73 Å². The van der Waals surface area contributed by atoms with Gasteiger partial charge >= 0.3 is 0 Å². The largest absolute Gasteiger partial charge is 0.368 e. The van der Waals surface area contributed by atoms with E-state index in [0.29, 0.717) is 12.5 Å². The zero-order valence-corrected chi connectivity index (χ0v) is 13.6. The number of nitrogens with zero attached hydrogens (tertiary/aromatic N) is 1. The van der Waals surface area contributed by atoms with Crippen molar-refractivity contribution in [2.45, 2.75) is 83.6 Å².